The number of hydrogen-bond donors (Lipinski definition) is 1. The molecule has 2 fully saturated rings. The summed E-state index contributed by atoms with van der Waals surface area (Å²) < 4.78 is 5.29. The van der Waals surface area contributed by atoms with Gasteiger partial charge in [0.25, 0.3) is 5.91 Å². The highest BCUT2D eigenvalue weighted by Gasteiger charge is 2.54. The maximum absolute atomic E-state index is 13.9. The van der Waals surface area contributed by atoms with Gasteiger partial charge in [0.05, 0.1) is 25.4 Å². The van der Waals surface area contributed by atoms with Crippen LogP contribution in [0.5, 0.6) is 0 Å². The Hall–Kier alpha value is -4.07. The van der Waals surface area contributed by atoms with Gasteiger partial charge >= 0.3 is 0 Å². The van der Waals surface area contributed by atoms with Crippen molar-refractivity contribution in [2.75, 3.05) is 31.2 Å². The summed E-state index contributed by atoms with van der Waals surface area (Å²) in [5, 5.41) is 2.84. The zero-order valence-corrected chi connectivity index (χ0v) is 21.7. The lowest BCUT2D eigenvalue weighted by molar-refractivity contribution is -0.140. The van der Waals surface area contributed by atoms with E-state index in [1.807, 2.05) is 72.5 Å². The van der Waals surface area contributed by atoms with Crippen molar-refractivity contribution in [2.24, 2.45) is 0 Å². The van der Waals surface area contributed by atoms with E-state index in [-0.39, 0.29) is 36.7 Å². The summed E-state index contributed by atoms with van der Waals surface area (Å²) in [6.07, 6.45) is 3.32. The van der Waals surface area contributed by atoms with E-state index in [0.717, 1.165) is 17.7 Å². The molecule has 3 amide bonds. The molecule has 1 atom stereocenters. The normalized spacial score (nSPS) is 17.6. The van der Waals surface area contributed by atoms with Crippen molar-refractivity contribution in [3.8, 4) is 0 Å². The molecular formula is C30H34N4O4. The van der Waals surface area contributed by atoms with Crippen LogP contribution in [-0.4, -0.2) is 59.4 Å². The summed E-state index contributed by atoms with van der Waals surface area (Å²) in [5.74, 6) is 0.285. The molecule has 3 heterocycles. The van der Waals surface area contributed by atoms with Gasteiger partial charge in [-0.15, -0.1) is 0 Å². The standard InChI is InChI=1S/C30H34N4O4/c1-2-26(23-10-5-3-6-11-23)28(36)32-17-15-30(16-18-32)29(37)33(22-34(30)24-12-7-4-8-13-24)21-27(35)31-20-25-14-9-19-38-25/h3-14,19,26H,2,15-18,20-22H2,1H3,(H,31,35). The SMILES string of the molecule is CCC(C(=O)N1CCC2(CC1)C(=O)N(CC(=O)NCc1ccco1)CN2c1ccccc1)c1ccccc1. The van der Waals surface area contributed by atoms with Crippen molar-refractivity contribution < 1.29 is 18.8 Å². The van der Waals surface area contributed by atoms with Crippen LogP contribution in [0.4, 0.5) is 5.69 Å². The second-order valence-electron chi connectivity index (χ2n) is 9.99. The van der Waals surface area contributed by atoms with E-state index in [2.05, 4.69) is 10.2 Å². The Morgan fingerprint density at radius 3 is 2.29 bits per heavy atom. The molecule has 38 heavy (non-hydrogen) atoms. The third-order valence-corrected chi connectivity index (χ3v) is 7.77. The number of furan rings is 1. The maximum atomic E-state index is 13.9. The first-order valence-corrected chi connectivity index (χ1v) is 13.3. The second kappa shape index (κ2) is 11.1. The molecule has 1 aromatic heterocycles. The minimum Gasteiger partial charge on any atom is -0.467 e. The molecule has 1 unspecified atom stereocenters. The molecule has 2 saturated heterocycles. The molecule has 2 aromatic carbocycles. The molecule has 8 nitrogen and oxygen atoms in total. The van der Waals surface area contributed by atoms with Crippen molar-refractivity contribution in [1.82, 2.24) is 15.1 Å². The number of piperidine rings is 1. The molecule has 198 valence electrons. The number of carbonyl (C=O) groups is 3. The molecule has 0 radical (unpaired) electrons. The van der Waals surface area contributed by atoms with E-state index in [1.165, 1.54) is 0 Å². The van der Waals surface area contributed by atoms with Crippen LogP contribution in [0.2, 0.25) is 0 Å². The van der Waals surface area contributed by atoms with E-state index in [9.17, 15) is 14.4 Å². The largest absolute Gasteiger partial charge is 0.467 e. The Balaban J connectivity index is 1.31. The van der Waals surface area contributed by atoms with Gasteiger partial charge in [0.15, 0.2) is 0 Å². The number of nitrogens with one attached hydrogen (secondary N) is 1. The van der Waals surface area contributed by atoms with E-state index in [1.54, 1.807) is 23.3 Å². The molecule has 3 aromatic rings. The van der Waals surface area contributed by atoms with Gasteiger partial charge in [-0.1, -0.05) is 55.5 Å². The molecule has 2 aliphatic heterocycles. The monoisotopic (exact) mass is 514 g/mol. The first kappa shape index (κ1) is 25.6. The van der Waals surface area contributed by atoms with Crippen molar-refractivity contribution >= 4 is 23.4 Å². The molecule has 0 aliphatic carbocycles. The van der Waals surface area contributed by atoms with E-state index in [4.69, 9.17) is 4.42 Å². The Morgan fingerprint density at radius 1 is 0.974 bits per heavy atom. The molecule has 5 rings (SSSR count). The number of rotatable bonds is 8. The lowest BCUT2D eigenvalue weighted by Crippen LogP contribution is -2.58. The van der Waals surface area contributed by atoms with Crippen LogP contribution in [0.25, 0.3) is 0 Å². The van der Waals surface area contributed by atoms with Gasteiger partial charge in [-0.3, -0.25) is 14.4 Å². The third kappa shape index (κ3) is 5.03. The van der Waals surface area contributed by atoms with Gasteiger partial charge in [-0.2, -0.15) is 0 Å². The van der Waals surface area contributed by atoms with Gasteiger partial charge < -0.3 is 24.4 Å². The lowest BCUT2D eigenvalue weighted by atomic mass is 9.84. The third-order valence-electron chi connectivity index (χ3n) is 7.77. The minimum atomic E-state index is -0.784. The van der Waals surface area contributed by atoms with Crippen LogP contribution in [0, 0.1) is 0 Å². The number of amides is 3. The lowest BCUT2D eigenvalue weighted by Gasteiger charge is -2.44. The molecule has 0 saturated carbocycles. The van der Waals surface area contributed by atoms with Crippen molar-refractivity contribution in [1.29, 1.82) is 0 Å². The highest BCUT2D eigenvalue weighted by Crippen LogP contribution is 2.40. The molecular weight excluding hydrogens is 480 g/mol. The average Bonchev–Trinajstić information content (AvgIpc) is 3.57. The summed E-state index contributed by atoms with van der Waals surface area (Å²) in [6.45, 7) is 3.60. The van der Waals surface area contributed by atoms with Crippen molar-refractivity contribution in [3.63, 3.8) is 0 Å². The number of benzene rings is 2. The first-order valence-electron chi connectivity index (χ1n) is 13.3. The predicted molar refractivity (Wildman–Crippen MR) is 144 cm³/mol. The average molecular weight is 515 g/mol. The van der Waals surface area contributed by atoms with Crippen LogP contribution < -0.4 is 10.2 Å². The number of hydrogen-bond acceptors (Lipinski definition) is 5. The zero-order chi connectivity index (χ0) is 26.5. The van der Waals surface area contributed by atoms with Crippen LogP contribution in [0.15, 0.2) is 83.5 Å². The molecule has 1 N–H and O–H groups in total. The van der Waals surface area contributed by atoms with Crippen LogP contribution in [-0.2, 0) is 20.9 Å². The summed E-state index contributed by atoms with van der Waals surface area (Å²) in [4.78, 5) is 45.8. The van der Waals surface area contributed by atoms with E-state index in [0.29, 0.717) is 38.4 Å². The number of nitrogens with zero attached hydrogens (tertiary/aromatic N) is 3. The molecule has 0 bridgehead atoms. The highest BCUT2D eigenvalue weighted by atomic mass is 16.3. The molecule has 1 spiro atoms. The summed E-state index contributed by atoms with van der Waals surface area (Å²) in [5.41, 5.74) is 1.18. The number of likely N-dealkylation sites (tertiary alicyclic amines) is 1. The van der Waals surface area contributed by atoms with Crippen LogP contribution >= 0.6 is 0 Å². The maximum Gasteiger partial charge on any atom is 0.250 e. The van der Waals surface area contributed by atoms with Gasteiger partial charge in [0.2, 0.25) is 11.8 Å². The number of anilines is 1. The quantitative estimate of drug-likeness (QED) is 0.495. The highest BCUT2D eigenvalue weighted by molar-refractivity contribution is 5.96. The topological polar surface area (TPSA) is 86.1 Å². The van der Waals surface area contributed by atoms with Gasteiger partial charge in [0, 0.05) is 18.8 Å². The van der Waals surface area contributed by atoms with Crippen molar-refractivity contribution in [3.05, 3.63) is 90.4 Å². The van der Waals surface area contributed by atoms with Gasteiger partial charge in [-0.05, 0) is 49.1 Å². The zero-order valence-electron chi connectivity index (χ0n) is 21.7. The fourth-order valence-electron chi connectivity index (χ4n) is 5.71. The fourth-order valence-corrected chi connectivity index (χ4v) is 5.71. The summed E-state index contributed by atoms with van der Waals surface area (Å²) >= 11 is 0. The fraction of sp³-hybridized carbons (Fsp3) is 0.367. The Bertz CT molecular complexity index is 1240. The second-order valence-corrected chi connectivity index (χ2v) is 9.99. The summed E-state index contributed by atoms with van der Waals surface area (Å²) in [6, 6.07) is 23.3. The minimum absolute atomic E-state index is 0.0286. The van der Waals surface area contributed by atoms with Crippen LogP contribution in [0.3, 0.4) is 0 Å². The Morgan fingerprint density at radius 2 is 1.66 bits per heavy atom. The number of carbonyl (C=O) groups excluding carboxylic acids is 3. The van der Waals surface area contributed by atoms with E-state index < -0.39 is 5.54 Å². The van der Waals surface area contributed by atoms with Gasteiger partial charge in [-0.25, -0.2) is 0 Å². The Labute approximate surface area is 223 Å². The van der Waals surface area contributed by atoms with Crippen LogP contribution in [0.1, 0.15) is 43.4 Å². The Kier molecular flexibility index (Phi) is 7.49. The predicted octanol–water partition coefficient (Wildman–Crippen LogP) is 3.76. The molecule has 8 heteroatoms. The first-order chi connectivity index (χ1) is 18.5. The smallest absolute Gasteiger partial charge is 0.250 e. The van der Waals surface area contributed by atoms with Gasteiger partial charge in [0.1, 0.15) is 17.8 Å². The summed E-state index contributed by atoms with van der Waals surface area (Å²) in [7, 11) is 0. The molecule has 2 aliphatic rings. The van der Waals surface area contributed by atoms with E-state index >= 15 is 0 Å². The number of para-hydroxylation sites is 1. The van der Waals surface area contributed by atoms with Crippen molar-refractivity contribution in [2.45, 2.75) is 44.2 Å².